The van der Waals surface area contributed by atoms with Crippen LogP contribution in [0, 0.1) is 0 Å². The predicted molar refractivity (Wildman–Crippen MR) is 62.3 cm³/mol. The summed E-state index contributed by atoms with van der Waals surface area (Å²) in [6.07, 6.45) is 1.37. The number of carbonyl (C=O) groups excluding carboxylic acids is 1. The summed E-state index contributed by atoms with van der Waals surface area (Å²) in [5.74, 6) is -0.0629. The predicted octanol–water partition coefficient (Wildman–Crippen LogP) is 0.770. The zero-order valence-corrected chi connectivity index (χ0v) is 9.90. The van der Waals surface area contributed by atoms with E-state index in [4.69, 9.17) is 22.4 Å². The van der Waals surface area contributed by atoms with E-state index in [0.717, 1.165) is 0 Å². The Morgan fingerprint density at radius 2 is 2.38 bits per heavy atom. The van der Waals surface area contributed by atoms with Gasteiger partial charge < -0.3 is 15.7 Å². The van der Waals surface area contributed by atoms with E-state index in [1.807, 2.05) is 0 Å². The fourth-order valence-corrected chi connectivity index (χ4v) is 1.26. The van der Waals surface area contributed by atoms with Crippen molar-refractivity contribution in [3.63, 3.8) is 0 Å². The molecule has 88 valence electrons. The number of anilines is 1. The summed E-state index contributed by atoms with van der Waals surface area (Å²) in [7, 11) is 1.60. The van der Waals surface area contributed by atoms with Crippen LogP contribution in [0.2, 0.25) is 5.02 Å². The van der Waals surface area contributed by atoms with Crippen LogP contribution in [0.25, 0.3) is 0 Å². The minimum absolute atomic E-state index is 0.0988. The summed E-state index contributed by atoms with van der Waals surface area (Å²) in [6.45, 7) is 1.64. The van der Waals surface area contributed by atoms with E-state index < -0.39 is 0 Å². The number of carbonyl (C=O) groups is 1. The number of nitrogens with zero attached hydrogens (tertiary/aromatic N) is 2. The molecule has 0 radical (unpaired) electrons. The van der Waals surface area contributed by atoms with E-state index >= 15 is 0 Å². The summed E-state index contributed by atoms with van der Waals surface area (Å²) < 4.78 is 0. The SMILES string of the molecule is CC(CO)N(C)C(=O)c1cnc(N)c(Cl)c1. The Hall–Kier alpha value is -1.33. The first-order chi connectivity index (χ1) is 7.47. The number of hydrogen-bond donors (Lipinski definition) is 2. The number of aliphatic hydroxyl groups excluding tert-OH is 1. The smallest absolute Gasteiger partial charge is 0.255 e. The molecular formula is C10H14ClN3O2. The van der Waals surface area contributed by atoms with Crippen molar-refractivity contribution in [1.82, 2.24) is 9.88 Å². The lowest BCUT2D eigenvalue weighted by Crippen LogP contribution is -2.37. The molecule has 0 aliphatic rings. The van der Waals surface area contributed by atoms with Gasteiger partial charge >= 0.3 is 0 Å². The third-order valence-electron chi connectivity index (χ3n) is 2.36. The Labute approximate surface area is 98.8 Å². The summed E-state index contributed by atoms with van der Waals surface area (Å²) >= 11 is 5.77. The van der Waals surface area contributed by atoms with Crippen LogP contribution in [0.4, 0.5) is 5.82 Å². The van der Waals surface area contributed by atoms with Crippen molar-refractivity contribution >= 4 is 23.3 Å². The second-order valence-corrected chi connectivity index (χ2v) is 3.95. The number of hydrogen-bond acceptors (Lipinski definition) is 4. The summed E-state index contributed by atoms with van der Waals surface area (Å²) in [5, 5.41) is 9.19. The van der Waals surface area contributed by atoms with Gasteiger partial charge in [0.15, 0.2) is 0 Å². The Morgan fingerprint density at radius 3 is 2.88 bits per heavy atom. The molecule has 3 N–H and O–H groups in total. The molecule has 0 aliphatic carbocycles. The van der Waals surface area contributed by atoms with Crippen LogP contribution >= 0.6 is 11.6 Å². The molecule has 1 heterocycles. The molecule has 0 bridgehead atoms. The number of aliphatic hydroxyl groups is 1. The summed E-state index contributed by atoms with van der Waals surface area (Å²) in [4.78, 5) is 17.1. The van der Waals surface area contributed by atoms with Crippen LogP contribution < -0.4 is 5.73 Å². The molecule has 1 aromatic rings. The fraction of sp³-hybridized carbons (Fsp3) is 0.400. The maximum Gasteiger partial charge on any atom is 0.255 e. The largest absolute Gasteiger partial charge is 0.394 e. The number of rotatable bonds is 3. The lowest BCUT2D eigenvalue weighted by Gasteiger charge is -2.23. The number of halogens is 1. The van der Waals surface area contributed by atoms with E-state index in [-0.39, 0.29) is 29.4 Å². The Bertz CT molecular complexity index is 398. The van der Waals surface area contributed by atoms with Crippen LogP contribution in [-0.4, -0.2) is 40.6 Å². The number of pyridine rings is 1. The zero-order chi connectivity index (χ0) is 12.3. The fourth-order valence-electron chi connectivity index (χ4n) is 1.09. The number of likely N-dealkylation sites (N-methyl/N-ethyl adjacent to an activating group) is 1. The average molecular weight is 244 g/mol. The number of nitrogens with two attached hydrogens (primary N) is 1. The van der Waals surface area contributed by atoms with Gasteiger partial charge in [-0.15, -0.1) is 0 Å². The Kier molecular flexibility index (Phi) is 4.09. The van der Waals surface area contributed by atoms with Crippen molar-refractivity contribution in [2.45, 2.75) is 13.0 Å². The van der Waals surface area contributed by atoms with Crippen molar-refractivity contribution < 1.29 is 9.90 Å². The molecule has 16 heavy (non-hydrogen) atoms. The van der Waals surface area contributed by atoms with Gasteiger partial charge in [0.1, 0.15) is 5.82 Å². The van der Waals surface area contributed by atoms with Crippen LogP contribution in [0.3, 0.4) is 0 Å². The topological polar surface area (TPSA) is 79.5 Å². The Balaban J connectivity index is 2.92. The highest BCUT2D eigenvalue weighted by molar-refractivity contribution is 6.33. The molecule has 1 rings (SSSR count). The minimum Gasteiger partial charge on any atom is -0.394 e. The van der Waals surface area contributed by atoms with Crippen LogP contribution in [0.15, 0.2) is 12.3 Å². The third-order valence-corrected chi connectivity index (χ3v) is 2.67. The van der Waals surface area contributed by atoms with Gasteiger partial charge in [0, 0.05) is 13.2 Å². The number of nitrogen functional groups attached to an aromatic ring is 1. The molecule has 0 saturated heterocycles. The van der Waals surface area contributed by atoms with E-state index in [2.05, 4.69) is 4.98 Å². The molecule has 1 aromatic heterocycles. The highest BCUT2D eigenvalue weighted by Crippen LogP contribution is 2.17. The minimum atomic E-state index is -0.260. The lowest BCUT2D eigenvalue weighted by molar-refractivity contribution is 0.0682. The van der Waals surface area contributed by atoms with Gasteiger partial charge in [-0.2, -0.15) is 0 Å². The van der Waals surface area contributed by atoms with Gasteiger partial charge in [-0.25, -0.2) is 4.98 Å². The second kappa shape index (κ2) is 5.14. The van der Waals surface area contributed by atoms with Gasteiger partial charge in [0.05, 0.1) is 23.2 Å². The molecule has 1 unspecified atom stereocenters. The first-order valence-corrected chi connectivity index (χ1v) is 5.14. The standard InChI is InChI=1S/C10H14ClN3O2/c1-6(5-15)14(2)10(16)7-3-8(11)9(12)13-4-7/h3-4,6,15H,5H2,1-2H3,(H2,12,13). The monoisotopic (exact) mass is 243 g/mol. The molecular weight excluding hydrogens is 230 g/mol. The van der Waals surface area contributed by atoms with Crippen LogP contribution in [0.1, 0.15) is 17.3 Å². The van der Waals surface area contributed by atoms with Gasteiger partial charge in [-0.05, 0) is 13.0 Å². The molecule has 1 amide bonds. The van der Waals surface area contributed by atoms with E-state index in [1.165, 1.54) is 17.2 Å². The van der Waals surface area contributed by atoms with Gasteiger partial charge in [0.2, 0.25) is 0 Å². The normalized spacial score (nSPS) is 12.2. The second-order valence-electron chi connectivity index (χ2n) is 3.54. The average Bonchev–Trinajstić information content (AvgIpc) is 2.29. The van der Waals surface area contributed by atoms with Gasteiger partial charge in [-0.1, -0.05) is 11.6 Å². The lowest BCUT2D eigenvalue weighted by atomic mass is 10.2. The Morgan fingerprint density at radius 1 is 1.75 bits per heavy atom. The summed E-state index contributed by atoms with van der Waals surface area (Å²) in [5.41, 5.74) is 5.79. The highest BCUT2D eigenvalue weighted by atomic mass is 35.5. The maximum atomic E-state index is 11.9. The van der Waals surface area contributed by atoms with Crippen molar-refractivity contribution in [3.05, 3.63) is 22.8 Å². The van der Waals surface area contributed by atoms with Crippen molar-refractivity contribution in [3.8, 4) is 0 Å². The molecule has 0 fully saturated rings. The van der Waals surface area contributed by atoms with Crippen LogP contribution in [0.5, 0.6) is 0 Å². The van der Waals surface area contributed by atoms with Crippen molar-refractivity contribution in [2.75, 3.05) is 19.4 Å². The molecule has 6 heteroatoms. The molecule has 0 saturated carbocycles. The van der Waals surface area contributed by atoms with E-state index in [9.17, 15) is 4.79 Å². The maximum absolute atomic E-state index is 11.9. The quantitative estimate of drug-likeness (QED) is 0.822. The third kappa shape index (κ3) is 2.62. The summed E-state index contributed by atoms with van der Waals surface area (Å²) in [6, 6.07) is 1.20. The molecule has 0 spiro atoms. The first kappa shape index (κ1) is 12.7. The zero-order valence-electron chi connectivity index (χ0n) is 9.14. The van der Waals surface area contributed by atoms with Crippen molar-refractivity contribution in [1.29, 1.82) is 0 Å². The van der Waals surface area contributed by atoms with Gasteiger partial charge in [0.25, 0.3) is 5.91 Å². The number of amides is 1. The van der Waals surface area contributed by atoms with Crippen LogP contribution in [-0.2, 0) is 0 Å². The van der Waals surface area contributed by atoms with E-state index in [0.29, 0.717) is 5.56 Å². The molecule has 0 aliphatic heterocycles. The molecule has 0 aromatic carbocycles. The molecule has 1 atom stereocenters. The van der Waals surface area contributed by atoms with Crippen molar-refractivity contribution in [2.24, 2.45) is 0 Å². The number of aromatic nitrogens is 1. The highest BCUT2D eigenvalue weighted by Gasteiger charge is 2.17. The van der Waals surface area contributed by atoms with E-state index in [1.54, 1.807) is 14.0 Å². The molecule has 5 nitrogen and oxygen atoms in total. The van der Waals surface area contributed by atoms with Gasteiger partial charge in [-0.3, -0.25) is 4.79 Å². The first-order valence-electron chi connectivity index (χ1n) is 4.76.